The zero-order valence-electron chi connectivity index (χ0n) is 15.8. The number of sulfonamides is 1. The molecule has 0 aliphatic rings. The van der Waals surface area contributed by atoms with Crippen LogP contribution in [0.3, 0.4) is 0 Å². The van der Waals surface area contributed by atoms with Crippen molar-refractivity contribution in [3.63, 3.8) is 0 Å². The van der Waals surface area contributed by atoms with E-state index in [1.54, 1.807) is 0 Å². The standard InChI is InChI=1S/C21H21ClN2O3S/c1-14(16-9-8-15-6-4-5-7-17(15)12-16)23-21(25)19-13-18(10-11-20(19)22)28(26,27)24(2)3/h4-14H,1-3H3,(H,23,25)/t14-/m1/s1. The van der Waals surface area contributed by atoms with Gasteiger partial charge in [-0.2, -0.15) is 0 Å². The second kappa shape index (κ2) is 7.91. The molecular formula is C21H21ClN2O3S. The van der Waals surface area contributed by atoms with E-state index in [4.69, 9.17) is 11.6 Å². The molecule has 1 amide bonds. The maximum atomic E-state index is 12.8. The minimum atomic E-state index is -3.66. The van der Waals surface area contributed by atoms with Crippen LogP contribution in [0.2, 0.25) is 5.02 Å². The molecule has 0 aliphatic heterocycles. The molecule has 3 aromatic rings. The van der Waals surface area contributed by atoms with Crippen LogP contribution in [0.4, 0.5) is 0 Å². The van der Waals surface area contributed by atoms with Crippen molar-refractivity contribution in [2.45, 2.75) is 17.9 Å². The Morgan fingerprint density at radius 2 is 1.68 bits per heavy atom. The average Bonchev–Trinajstić information content (AvgIpc) is 2.67. The zero-order chi connectivity index (χ0) is 20.5. The Morgan fingerprint density at radius 1 is 1.00 bits per heavy atom. The van der Waals surface area contributed by atoms with Gasteiger partial charge in [0, 0.05) is 14.1 Å². The summed E-state index contributed by atoms with van der Waals surface area (Å²) >= 11 is 6.16. The predicted molar refractivity (Wildman–Crippen MR) is 112 cm³/mol. The number of carbonyl (C=O) groups excluding carboxylic acids is 1. The Hall–Kier alpha value is -2.41. The van der Waals surface area contributed by atoms with E-state index in [-0.39, 0.29) is 21.5 Å². The van der Waals surface area contributed by atoms with Crippen molar-refractivity contribution >= 4 is 38.3 Å². The van der Waals surface area contributed by atoms with E-state index < -0.39 is 15.9 Å². The van der Waals surface area contributed by atoms with Gasteiger partial charge in [0.05, 0.1) is 21.5 Å². The molecular weight excluding hydrogens is 396 g/mol. The summed E-state index contributed by atoms with van der Waals surface area (Å²) in [7, 11) is -0.788. The highest BCUT2D eigenvalue weighted by atomic mass is 35.5. The van der Waals surface area contributed by atoms with E-state index in [1.807, 2.05) is 49.4 Å². The number of benzene rings is 3. The van der Waals surface area contributed by atoms with Gasteiger partial charge in [0.15, 0.2) is 0 Å². The van der Waals surface area contributed by atoms with Gasteiger partial charge in [0.25, 0.3) is 5.91 Å². The fraction of sp³-hybridized carbons (Fsp3) is 0.190. The van der Waals surface area contributed by atoms with Gasteiger partial charge in [-0.15, -0.1) is 0 Å². The summed E-state index contributed by atoms with van der Waals surface area (Å²) in [5.74, 6) is -0.429. The summed E-state index contributed by atoms with van der Waals surface area (Å²) in [4.78, 5) is 12.8. The van der Waals surface area contributed by atoms with Crippen LogP contribution in [0.15, 0.2) is 65.6 Å². The quantitative estimate of drug-likeness (QED) is 0.676. The topological polar surface area (TPSA) is 66.5 Å². The van der Waals surface area contributed by atoms with Crippen LogP contribution >= 0.6 is 11.6 Å². The number of nitrogens with zero attached hydrogens (tertiary/aromatic N) is 1. The van der Waals surface area contributed by atoms with Gasteiger partial charge < -0.3 is 5.32 Å². The molecule has 3 rings (SSSR count). The fourth-order valence-electron chi connectivity index (χ4n) is 2.88. The molecule has 1 atom stereocenters. The zero-order valence-corrected chi connectivity index (χ0v) is 17.4. The van der Waals surface area contributed by atoms with Crippen molar-refractivity contribution in [3.8, 4) is 0 Å². The first-order valence-electron chi connectivity index (χ1n) is 8.72. The molecule has 0 saturated heterocycles. The number of halogens is 1. The van der Waals surface area contributed by atoms with Crippen LogP contribution in [0.5, 0.6) is 0 Å². The summed E-state index contributed by atoms with van der Waals surface area (Å²) in [6, 6.07) is 17.8. The molecule has 0 saturated carbocycles. The SMILES string of the molecule is C[C@@H](NC(=O)c1cc(S(=O)(=O)N(C)C)ccc1Cl)c1ccc2ccccc2c1. The molecule has 0 heterocycles. The van der Waals surface area contributed by atoms with E-state index in [2.05, 4.69) is 5.32 Å². The number of amides is 1. The van der Waals surface area contributed by atoms with Crippen molar-refractivity contribution < 1.29 is 13.2 Å². The lowest BCUT2D eigenvalue weighted by atomic mass is 10.0. The molecule has 0 aliphatic carbocycles. The minimum Gasteiger partial charge on any atom is -0.345 e. The van der Waals surface area contributed by atoms with Crippen molar-refractivity contribution in [1.82, 2.24) is 9.62 Å². The third kappa shape index (κ3) is 4.04. The van der Waals surface area contributed by atoms with E-state index >= 15 is 0 Å². The van der Waals surface area contributed by atoms with Crippen LogP contribution in [0, 0.1) is 0 Å². The van der Waals surface area contributed by atoms with Gasteiger partial charge in [-0.25, -0.2) is 12.7 Å². The Balaban J connectivity index is 1.87. The van der Waals surface area contributed by atoms with Crippen molar-refractivity contribution in [2.75, 3.05) is 14.1 Å². The highest BCUT2D eigenvalue weighted by Gasteiger charge is 2.21. The molecule has 0 bridgehead atoms. The number of carbonyl (C=O) groups is 1. The molecule has 0 spiro atoms. The number of nitrogens with one attached hydrogen (secondary N) is 1. The van der Waals surface area contributed by atoms with Crippen LogP contribution in [-0.2, 0) is 10.0 Å². The molecule has 0 aromatic heterocycles. The molecule has 3 aromatic carbocycles. The van der Waals surface area contributed by atoms with Crippen molar-refractivity contribution in [2.24, 2.45) is 0 Å². The van der Waals surface area contributed by atoms with E-state index in [9.17, 15) is 13.2 Å². The first-order chi connectivity index (χ1) is 13.2. The predicted octanol–water partition coefficient (Wildman–Crippen LogP) is 4.23. The lowest BCUT2D eigenvalue weighted by molar-refractivity contribution is 0.0940. The van der Waals surface area contributed by atoms with Crippen LogP contribution in [0.1, 0.15) is 28.9 Å². The number of hydrogen-bond donors (Lipinski definition) is 1. The third-order valence-corrected chi connectivity index (χ3v) is 6.72. The van der Waals surface area contributed by atoms with Crippen molar-refractivity contribution in [1.29, 1.82) is 0 Å². The van der Waals surface area contributed by atoms with Gasteiger partial charge in [0.2, 0.25) is 10.0 Å². The first kappa shape index (κ1) is 20.3. The summed E-state index contributed by atoms with van der Waals surface area (Å²) in [5, 5.41) is 5.29. The smallest absolute Gasteiger partial charge is 0.253 e. The first-order valence-corrected chi connectivity index (χ1v) is 10.5. The molecule has 0 unspecified atom stereocenters. The van der Waals surface area contributed by atoms with Crippen LogP contribution in [-0.4, -0.2) is 32.7 Å². The Kier molecular flexibility index (Phi) is 5.74. The van der Waals surface area contributed by atoms with Crippen LogP contribution < -0.4 is 5.32 Å². The molecule has 0 fully saturated rings. The van der Waals surface area contributed by atoms with E-state index in [0.29, 0.717) is 0 Å². The molecule has 5 nitrogen and oxygen atoms in total. The molecule has 28 heavy (non-hydrogen) atoms. The number of rotatable bonds is 5. The number of hydrogen-bond acceptors (Lipinski definition) is 3. The molecule has 1 N–H and O–H groups in total. The monoisotopic (exact) mass is 416 g/mol. The largest absolute Gasteiger partial charge is 0.345 e. The minimum absolute atomic E-state index is 0.0189. The van der Waals surface area contributed by atoms with E-state index in [1.165, 1.54) is 32.3 Å². The van der Waals surface area contributed by atoms with Crippen molar-refractivity contribution in [3.05, 3.63) is 76.8 Å². The second-order valence-corrected chi connectivity index (χ2v) is 9.29. The Morgan fingerprint density at radius 3 is 2.36 bits per heavy atom. The summed E-state index contributed by atoms with van der Waals surface area (Å²) in [6.45, 7) is 1.87. The Bertz CT molecular complexity index is 1140. The Labute approximate surface area is 170 Å². The van der Waals surface area contributed by atoms with Gasteiger partial charge in [0.1, 0.15) is 0 Å². The molecule has 146 valence electrons. The highest BCUT2D eigenvalue weighted by Crippen LogP contribution is 2.24. The summed E-state index contributed by atoms with van der Waals surface area (Å²) in [6.07, 6.45) is 0. The van der Waals surface area contributed by atoms with Gasteiger partial charge >= 0.3 is 0 Å². The molecule has 0 radical (unpaired) electrons. The van der Waals surface area contributed by atoms with Gasteiger partial charge in [-0.05, 0) is 47.5 Å². The highest BCUT2D eigenvalue weighted by molar-refractivity contribution is 7.89. The van der Waals surface area contributed by atoms with E-state index in [0.717, 1.165) is 20.6 Å². The maximum absolute atomic E-state index is 12.8. The molecule has 7 heteroatoms. The normalized spacial score (nSPS) is 12.9. The fourth-order valence-corrected chi connectivity index (χ4v) is 4.02. The van der Waals surface area contributed by atoms with Gasteiger partial charge in [-0.3, -0.25) is 4.79 Å². The lowest BCUT2D eigenvalue weighted by Crippen LogP contribution is -2.28. The van der Waals surface area contributed by atoms with Crippen LogP contribution in [0.25, 0.3) is 10.8 Å². The second-order valence-electron chi connectivity index (χ2n) is 6.73. The third-order valence-electron chi connectivity index (χ3n) is 4.58. The maximum Gasteiger partial charge on any atom is 0.253 e. The average molecular weight is 417 g/mol. The lowest BCUT2D eigenvalue weighted by Gasteiger charge is -2.17. The summed E-state index contributed by atoms with van der Waals surface area (Å²) < 4.78 is 25.8. The number of fused-ring (bicyclic) bond motifs is 1. The van der Waals surface area contributed by atoms with Gasteiger partial charge in [-0.1, -0.05) is 48.0 Å². The summed E-state index contributed by atoms with van der Waals surface area (Å²) in [5.41, 5.74) is 1.07.